The average Bonchev–Trinajstić information content (AvgIpc) is 3.66. The van der Waals surface area contributed by atoms with Gasteiger partial charge in [0.15, 0.2) is 0 Å². The van der Waals surface area contributed by atoms with Gasteiger partial charge in [-0.2, -0.15) is 4.98 Å². The predicted octanol–water partition coefficient (Wildman–Crippen LogP) is 4.33. The second-order valence-electron chi connectivity index (χ2n) is 10.1. The van der Waals surface area contributed by atoms with E-state index in [9.17, 15) is 4.79 Å². The molecule has 1 aromatic carbocycles. The molecule has 3 N–H and O–H groups in total. The fraction of sp³-hybridized carbons (Fsp3) is 0.577. The predicted molar refractivity (Wildman–Crippen MR) is 145 cm³/mol. The first-order chi connectivity index (χ1) is 17.1. The first-order valence-corrected chi connectivity index (χ1v) is 13.7. The number of likely N-dealkylation sites (N-methyl/N-ethyl adjacent to an activating group) is 1. The molecule has 0 bridgehead atoms. The highest BCUT2D eigenvalue weighted by molar-refractivity contribution is 9.10. The molecule has 0 spiro atoms. The van der Waals surface area contributed by atoms with Gasteiger partial charge in [-0.3, -0.25) is 4.79 Å². The molecule has 1 saturated heterocycles. The van der Waals surface area contributed by atoms with Gasteiger partial charge in [-0.15, -0.1) is 0 Å². The molecule has 0 radical (unpaired) electrons. The second kappa shape index (κ2) is 11.1. The quantitative estimate of drug-likeness (QED) is 0.386. The number of anilines is 4. The molecule has 9 heteroatoms. The molecular weight excluding hydrogens is 506 g/mol. The number of carbonyl (C=O) groups excluding carboxylic acids is 1. The Kier molecular flexibility index (Phi) is 7.72. The number of nitrogens with one attached hydrogen (secondary N) is 3. The van der Waals surface area contributed by atoms with Crippen LogP contribution < -0.4 is 20.9 Å². The number of aromatic nitrogens is 2. The molecule has 3 fully saturated rings. The van der Waals surface area contributed by atoms with Crippen LogP contribution in [0.4, 0.5) is 23.1 Å². The summed E-state index contributed by atoms with van der Waals surface area (Å²) in [5.41, 5.74) is 3.77. The number of rotatable bonds is 10. The maximum absolute atomic E-state index is 12.0. The minimum Gasteiger partial charge on any atom is -0.369 e. The van der Waals surface area contributed by atoms with Crippen molar-refractivity contribution in [2.24, 2.45) is 5.92 Å². The third-order valence-electron chi connectivity index (χ3n) is 7.33. The first-order valence-electron chi connectivity index (χ1n) is 13.0. The Morgan fingerprint density at radius 1 is 1.11 bits per heavy atom. The van der Waals surface area contributed by atoms with Gasteiger partial charge in [-0.05, 0) is 84.8 Å². The third kappa shape index (κ3) is 6.25. The Bertz CT molecular complexity index is 1030. The zero-order valence-electron chi connectivity index (χ0n) is 20.5. The number of hydrogen-bond donors (Lipinski definition) is 3. The molecule has 188 valence electrons. The number of halogens is 1. The Balaban J connectivity index is 1.19. The van der Waals surface area contributed by atoms with E-state index in [0.29, 0.717) is 18.4 Å². The Morgan fingerprint density at radius 3 is 2.63 bits per heavy atom. The van der Waals surface area contributed by atoms with Gasteiger partial charge in [0.1, 0.15) is 5.82 Å². The van der Waals surface area contributed by atoms with Crippen molar-refractivity contribution in [3.63, 3.8) is 0 Å². The summed E-state index contributed by atoms with van der Waals surface area (Å²) in [6, 6.07) is 6.77. The van der Waals surface area contributed by atoms with Crippen LogP contribution in [0.1, 0.15) is 50.0 Å². The van der Waals surface area contributed by atoms with Crippen LogP contribution >= 0.6 is 15.9 Å². The van der Waals surface area contributed by atoms with Crippen molar-refractivity contribution in [3.05, 3.63) is 34.4 Å². The van der Waals surface area contributed by atoms with E-state index in [1.807, 2.05) is 0 Å². The van der Waals surface area contributed by atoms with E-state index >= 15 is 0 Å². The highest BCUT2D eigenvalue weighted by Crippen LogP contribution is 2.45. The van der Waals surface area contributed by atoms with E-state index in [0.717, 1.165) is 68.0 Å². The summed E-state index contributed by atoms with van der Waals surface area (Å²) in [6.07, 6.45) is 8.37. The standard InChI is InChI=1S/C26H36BrN7O/c1-33-12-14-34(15-13-33)20-8-9-23(21(16-20)18-6-7-18)31-26-30-17-22(27)24(32-26)28-10-3-11-29-25(35)19-4-2-5-19/h8-9,16-19H,2-7,10-15H2,1H3,(H,29,35)(H2,28,30,31,32). The normalized spacial score (nSPS) is 18.7. The largest absolute Gasteiger partial charge is 0.369 e. The molecule has 2 aromatic rings. The van der Waals surface area contributed by atoms with Gasteiger partial charge in [0.05, 0.1) is 4.47 Å². The molecule has 0 atom stereocenters. The van der Waals surface area contributed by atoms with Gasteiger partial charge in [0.25, 0.3) is 0 Å². The molecule has 8 nitrogen and oxygen atoms in total. The van der Waals surface area contributed by atoms with Crippen molar-refractivity contribution in [1.82, 2.24) is 20.2 Å². The summed E-state index contributed by atoms with van der Waals surface area (Å²) in [4.78, 5) is 26.0. The number of piperazine rings is 1. The van der Waals surface area contributed by atoms with Crippen molar-refractivity contribution in [3.8, 4) is 0 Å². The lowest BCUT2D eigenvalue weighted by Crippen LogP contribution is -2.44. The van der Waals surface area contributed by atoms with E-state index in [1.165, 1.54) is 30.5 Å². The molecule has 1 aliphatic heterocycles. The summed E-state index contributed by atoms with van der Waals surface area (Å²) in [5, 5.41) is 9.89. The first kappa shape index (κ1) is 24.3. The molecular formula is C26H36BrN7O. The molecule has 3 aliphatic rings. The minimum atomic E-state index is 0.205. The van der Waals surface area contributed by atoms with E-state index < -0.39 is 0 Å². The smallest absolute Gasteiger partial charge is 0.229 e. The molecule has 1 amide bonds. The molecule has 35 heavy (non-hydrogen) atoms. The monoisotopic (exact) mass is 541 g/mol. The highest BCUT2D eigenvalue weighted by atomic mass is 79.9. The number of amides is 1. The van der Waals surface area contributed by atoms with Crippen molar-refractivity contribution < 1.29 is 4.79 Å². The topological polar surface area (TPSA) is 85.4 Å². The SMILES string of the molecule is CN1CCN(c2ccc(Nc3ncc(Br)c(NCCCNC(=O)C4CCC4)n3)c(C3CC3)c2)CC1. The van der Waals surface area contributed by atoms with Crippen molar-refractivity contribution in [2.45, 2.75) is 44.4 Å². The van der Waals surface area contributed by atoms with Crippen LogP contribution in [0.15, 0.2) is 28.9 Å². The number of nitrogens with zero attached hydrogens (tertiary/aromatic N) is 4. The summed E-state index contributed by atoms with van der Waals surface area (Å²) < 4.78 is 0.828. The Labute approximate surface area is 216 Å². The van der Waals surface area contributed by atoms with Gasteiger partial charge in [-0.25, -0.2) is 4.98 Å². The van der Waals surface area contributed by atoms with Crippen LogP contribution in [-0.4, -0.2) is 67.1 Å². The van der Waals surface area contributed by atoms with Crippen molar-refractivity contribution in [1.29, 1.82) is 0 Å². The van der Waals surface area contributed by atoms with Gasteiger partial charge in [0.2, 0.25) is 11.9 Å². The fourth-order valence-corrected chi connectivity index (χ4v) is 4.98. The summed E-state index contributed by atoms with van der Waals surface area (Å²) in [7, 11) is 2.19. The van der Waals surface area contributed by atoms with E-state index in [-0.39, 0.29) is 11.8 Å². The van der Waals surface area contributed by atoms with Gasteiger partial charge < -0.3 is 25.8 Å². The molecule has 0 unspecified atom stereocenters. The minimum absolute atomic E-state index is 0.205. The summed E-state index contributed by atoms with van der Waals surface area (Å²) >= 11 is 3.56. The lowest BCUT2D eigenvalue weighted by molar-refractivity contribution is -0.127. The second-order valence-corrected chi connectivity index (χ2v) is 10.9. The number of benzene rings is 1. The van der Waals surface area contributed by atoms with Gasteiger partial charge in [-0.1, -0.05) is 6.42 Å². The zero-order chi connectivity index (χ0) is 24.2. The van der Waals surface area contributed by atoms with Crippen LogP contribution in [0, 0.1) is 5.92 Å². The third-order valence-corrected chi connectivity index (χ3v) is 7.91. The van der Waals surface area contributed by atoms with Crippen LogP contribution in [0.25, 0.3) is 0 Å². The summed E-state index contributed by atoms with van der Waals surface area (Å²) in [6.45, 7) is 5.76. The van der Waals surface area contributed by atoms with Crippen molar-refractivity contribution in [2.75, 3.05) is 61.8 Å². The highest BCUT2D eigenvalue weighted by Gasteiger charge is 2.28. The van der Waals surface area contributed by atoms with Gasteiger partial charge in [0, 0.05) is 62.8 Å². The van der Waals surface area contributed by atoms with Crippen LogP contribution in [0.2, 0.25) is 0 Å². The van der Waals surface area contributed by atoms with E-state index in [1.54, 1.807) is 6.20 Å². The van der Waals surface area contributed by atoms with E-state index in [4.69, 9.17) is 4.98 Å². The van der Waals surface area contributed by atoms with Crippen LogP contribution in [-0.2, 0) is 4.79 Å². The maximum Gasteiger partial charge on any atom is 0.229 e. The molecule has 2 aliphatic carbocycles. The molecule has 2 saturated carbocycles. The Morgan fingerprint density at radius 2 is 1.91 bits per heavy atom. The molecule has 1 aromatic heterocycles. The average molecular weight is 543 g/mol. The van der Waals surface area contributed by atoms with Crippen molar-refractivity contribution >= 4 is 45.0 Å². The number of hydrogen-bond acceptors (Lipinski definition) is 7. The fourth-order valence-electron chi connectivity index (χ4n) is 4.65. The summed E-state index contributed by atoms with van der Waals surface area (Å²) in [5.74, 6) is 2.41. The maximum atomic E-state index is 12.0. The lowest BCUT2D eigenvalue weighted by atomic mass is 9.85. The molecule has 5 rings (SSSR count). The van der Waals surface area contributed by atoms with Gasteiger partial charge >= 0.3 is 0 Å². The molecule has 2 heterocycles. The lowest BCUT2D eigenvalue weighted by Gasteiger charge is -2.34. The zero-order valence-corrected chi connectivity index (χ0v) is 22.1. The van der Waals surface area contributed by atoms with E-state index in [2.05, 4.69) is 71.9 Å². The number of carbonyl (C=O) groups is 1. The van der Waals surface area contributed by atoms with Crippen LogP contribution in [0.3, 0.4) is 0 Å². The van der Waals surface area contributed by atoms with Crippen LogP contribution in [0.5, 0.6) is 0 Å². The Hall–Kier alpha value is -2.39.